The largest absolute Gasteiger partial charge is 0.473 e. The van der Waals surface area contributed by atoms with Gasteiger partial charge in [0.05, 0.1) is 18.8 Å². The number of hydrogen-bond acceptors (Lipinski definition) is 7. The summed E-state index contributed by atoms with van der Waals surface area (Å²) in [7, 11) is 0. The minimum Gasteiger partial charge on any atom is -0.473 e. The van der Waals surface area contributed by atoms with E-state index in [1.807, 2.05) is 0 Å². The van der Waals surface area contributed by atoms with E-state index in [9.17, 15) is 4.79 Å². The average Bonchev–Trinajstić information content (AvgIpc) is 2.76. The van der Waals surface area contributed by atoms with Crippen LogP contribution in [0.15, 0.2) is 30.7 Å². The zero-order chi connectivity index (χ0) is 19.3. The highest BCUT2D eigenvalue weighted by Crippen LogP contribution is 2.26. The van der Waals surface area contributed by atoms with Crippen molar-refractivity contribution in [3.8, 4) is 5.88 Å². The molecule has 0 unspecified atom stereocenters. The number of rotatable bonds is 4. The van der Waals surface area contributed by atoms with Crippen LogP contribution in [0.25, 0.3) is 0 Å². The van der Waals surface area contributed by atoms with Gasteiger partial charge in [-0.05, 0) is 12.1 Å². The molecule has 28 heavy (non-hydrogen) atoms. The van der Waals surface area contributed by atoms with Crippen molar-refractivity contribution in [1.29, 1.82) is 0 Å². The second-order valence-corrected chi connectivity index (χ2v) is 7.18. The van der Waals surface area contributed by atoms with Crippen LogP contribution in [-0.2, 0) is 4.74 Å². The first-order valence-corrected chi connectivity index (χ1v) is 9.79. The molecule has 0 aliphatic carbocycles. The number of aromatic nitrogens is 3. The predicted molar refractivity (Wildman–Crippen MR) is 104 cm³/mol. The molecule has 0 bridgehead atoms. The van der Waals surface area contributed by atoms with Gasteiger partial charge in [-0.25, -0.2) is 15.0 Å². The van der Waals surface area contributed by atoms with Gasteiger partial charge < -0.3 is 19.3 Å². The number of ether oxygens (including phenoxy) is 2. The summed E-state index contributed by atoms with van der Waals surface area (Å²) in [4.78, 5) is 29.5. The van der Waals surface area contributed by atoms with Crippen molar-refractivity contribution in [2.24, 2.45) is 0 Å². The summed E-state index contributed by atoms with van der Waals surface area (Å²) in [6.45, 7) is 3.91. The van der Waals surface area contributed by atoms with Crippen LogP contribution in [0.5, 0.6) is 5.88 Å². The fraction of sp³-hybridized carbons (Fsp3) is 0.474. The molecule has 2 fully saturated rings. The molecule has 0 N–H and O–H groups in total. The Kier molecular flexibility index (Phi) is 5.87. The van der Waals surface area contributed by atoms with E-state index < -0.39 is 0 Å². The second kappa shape index (κ2) is 8.70. The number of anilines is 1. The standard InChI is InChI=1S/C19H22ClN5O3/c20-16-12-14(13-23-17(16)28-15-2-10-27-11-3-15)18(26)24-6-8-25(9-7-24)19-21-4-1-5-22-19/h1,4-5,12-13,15H,2-3,6-11H2. The number of carbonyl (C=O) groups excluding carboxylic acids is 1. The highest BCUT2D eigenvalue weighted by molar-refractivity contribution is 6.32. The first-order valence-electron chi connectivity index (χ1n) is 9.42. The van der Waals surface area contributed by atoms with Crippen LogP contribution in [0, 0.1) is 0 Å². The summed E-state index contributed by atoms with van der Waals surface area (Å²) < 4.78 is 11.2. The Morgan fingerprint density at radius 2 is 1.82 bits per heavy atom. The Morgan fingerprint density at radius 1 is 1.11 bits per heavy atom. The molecule has 8 nitrogen and oxygen atoms in total. The maximum absolute atomic E-state index is 12.8. The lowest BCUT2D eigenvalue weighted by Crippen LogP contribution is -2.49. The Labute approximate surface area is 168 Å². The van der Waals surface area contributed by atoms with Gasteiger partial charge >= 0.3 is 0 Å². The molecule has 9 heteroatoms. The molecule has 0 atom stereocenters. The minimum absolute atomic E-state index is 0.0496. The van der Waals surface area contributed by atoms with Crippen LogP contribution in [0.4, 0.5) is 5.95 Å². The van der Waals surface area contributed by atoms with E-state index in [1.54, 1.807) is 29.4 Å². The normalized spacial score (nSPS) is 18.2. The number of pyridine rings is 1. The summed E-state index contributed by atoms with van der Waals surface area (Å²) >= 11 is 6.32. The van der Waals surface area contributed by atoms with Crippen molar-refractivity contribution in [3.63, 3.8) is 0 Å². The first-order chi connectivity index (χ1) is 13.7. The summed E-state index contributed by atoms with van der Waals surface area (Å²) in [5.41, 5.74) is 0.466. The van der Waals surface area contributed by atoms with Gasteiger partial charge in [-0.15, -0.1) is 0 Å². The van der Waals surface area contributed by atoms with Gasteiger partial charge in [-0.2, -0.15) is 0 Å². The van der Waals surface area contributed by atoms with Crippen molar-refractivity contribution in [1.82, 2.24) is 19.9 Å². The van der Waals surface area contributed by atoms with Gasteiger partial charge in [0, 0.05) is 57.6 Å². The minimum atomic E-state index is -0.0827. The van der Waals surface area contributed by atoms with Crippen LogP contribution in [0.3, 0.4) is 0 Å². The van der Waals surface area contributed by atoms with Crippen molar-refractivity contribution in [3.05, 3.63) is 41.3 Å². The van der Waals surface area contributed by atoms with E-state index in [-0.39, 0.29) is 12.0 Å². The zero-order valence-electron chi connectivity index (χ0n) is 15.5. The van der Waals surface area contributed by atoms with E-state index in [2.05, 4.69) is 19.9 Å². The molecule has 2 saturated heterocycles. The lowest BCUT2D eigenvalue weighted by molar-refractivity contribution is 0.0238. The molecule has 4 heterocycles. The van der Waals surface area contributed by atoms with Crippen molar-refractivity contribution in [2.75, 3.05) is 44.3 Å². The molecule has 2 aliphatic heterocycles. The van der Waals surface area contributed by atoms with Crippen LogP contribution >= 0.6 is 11.6 Å². The monoisotopic (exact) mass is 403 g/mol. The number of amides is 1. The first kappa shape index (κ1) is 18.9. The molecule has 2 aliphatic rings. The predicted octanol–water partition coefficient (Wildman–Crippen LogP) is 2.05. The number of carbonyl (C=O) groups is 1. The Hall–Kier alpha value is -2.45. The summed E-state index contributed by atoms with van der Waals surface area (Å²) in [5.74, 6) is 0.978. The van der Waals surface area contributed by atoms with E-state index >= 15 is 0 Å². The van der Waals surface area contributed by atoms with Crippen LogP contribution in [-0.4, -0.2) is 71.3 Å². The molecule has 1 amide bonds. The lowest BCUT2D eigenvalue weighted by Gasteiger charge is -2.34. The molecule has 2 aromatic heterocycles. The Bertz CT molecular complexity index is 808. The third-order valence-electron chi connectivity index (χ3n) is 4.90. The quantitative estimate of drug-likeness (QED) is 0.772. The third-order valence-corrected chi connectivity index (χ3v) is 5.17. The molecule has 4 rings (SSSR count). The van der Waals surface area contributed by atoms with Crippen molar-refractivity contribution < 1.29 is 14.3 Å². The van der Waals surface area contributed by atoms with Crippen LogP contribution < -0.4 is 9.64 Å². The van der Waals surface area contributed by atoms with Crippen LogP contribution in [0.1, 0.15) is 23.2 Å². The number of piperazine rings is 1. The molecule has 0 spiro atoms. The Morgan fingerprint density at radius 3 is 2.50 bits per heavy atom. The third kappa shape index (κ3) is 4.34. The Balaban J connectivity index is 1.36. The summed E-state index contributed by atoms with van der Waals surface area (Å²) in [6.07, 6.45) is 6.65. The van der Waals surface area contributed by atoms with Crippen molar-refractivity contribution >= 4 is 23.5 Å². The maximum Gasteiger partial charge on any atom is 0.255 e. The average molecular weight is 404 g/mol. The van der Waals surface area contributed by atoms with Crippen LogP contribution in [0.2, 0.25) is 5.02 Å². The number of nitrogens with zero attached hydrogens (tertiary/aromatic N) is 5. The highest BCUT2D eigenvalue weighted by atomic mass is 35.5. The van der Waals surface area contributed by atoms with Gasteiger partial charge in [-0.1, -0.05) is 11.6 Å². The molecule has 148 valence electrons. The molecular formula is C19H22ClN5O3. The maximum atomic E-state index is 12.8. The molecular weight excluding hydrogens is 382 g/mol. The zero-order valence-corrected chi connectivity index (χ0v) is 16.2. The van der Waals surface area contributed by atoms with Gasteiger partial charge in [-0.3, -0.25) is 4.79 Å². The van der Waals surface area contributed by atoms with E-state index in [1.165, 1.54) is 6.20 Å². The lowest BCUT2D eigenvalue weighted by atomic mass is 10.1. The topological polar surface area (TPSA) is 80.7 Å². The molecule has 0 aromatic carbocycles. The fourth-order valence-electron chi connectivity index (χ4n) is 3.33. The summed E-state index contributed by atoms with van der Waals surface area (Å²) in [6, 6.07) is 3.42. The van der Waals surface area contributed by atoms with E-state index in [0.29, 0.717) is 61.8 Å². The van der Waals surface area contributed by atoms with E-state index in [0.717, 1.165) is 12.8 Å². The smallest absolute Gasteiger partial charge is 0.255 e. The van der Waals surface area contributed by atoms with E-state index in [4.69, 9.17) is 21.1 Å². The molecule has 0 saturated carbocycles. The number of hydrogen-bond donors (Lipinski definition) is 0. The van der Waals surface area contributed by atoms with Gasteiger partial charge in [0.25, 0.3) is 5.91 Å². The second-order valence-electron chi connectivity index (χ2n) is 6.77. The van der Waals surface area contributed by atoms with Crippen molar-refractivity contribution in [2.45, 2.75) is 18.9 Å². The SMILES string of the molecule is O=C(c1cnc(OC2CCOCC2)c(Cl)c1)N1CCN(c2ncccn2)CC1. The van der Waals surface area contributed by atoms with Gasteiger partial charge in [0.2, 0.25) is 11.8 Å². The number of halogens is 1. The fourth-order valence-corrected chi connectivity index (χ4v) is 3.54. The van der Waals surface area contributed by atoms with Gasteiger partial charge in [0.1, 0.15) is 11.1 Å². The molecule has 2 aromatic rings. The molecule has 0 radical (unpaired) electrons. The summed E-state index contributed by atoms with van der Waals surface area (Å²) in [5, 5.41) is 0.355. The highest BCUT2D eigenvalue weighted by Gasteiger charge is 2.25. The van der Waals surface area contributed by atoms with Gasteiger partial charge in [0.15, 0.2) is 0 Å².